The Balaban J connectivity index is 2.40. The molecular formula is C29H47N3O4. The van der Waals surface area contributed by atoms with Crippen molar-refractivity contribution in [3.05, 3.63) is 35.4 Å². The summed E-state index contributed by atoms with van der Waals surface area (Å²) in [5, 5.41) is 6.03. The summed E-state index contributed by atoms with van der Waals surface area (Å²) in [4.78, 5) is 42.1. The van der Waals surface area contributed by atoms with Crippen LogP contribution in [-0.4, -0.2) is 47.0 Å². The van der Waals surface area contributed by atoms with Crippen LogP contribution in [0.15, 0.2) is 24.3 Å². The minimum atomic E-state index is -0.790. The number of nitrogens with zero attached hydrogens (tertiary/aromatic N) is 1. The quantitative estimate of drug-likeness (QED) is 0.433. The standard InChI is InChI=1S/C29H47N3O4/c1-8-18-32(27(34)24(19-20(2)3)31-28(35)36-29(5,6)7)25(22-16-14-21(4)15-17-22)26(33)30-23-12-10-9-11-13-23/h14-17,20,23-25H,8-13,18-19H2,1-7H3,(H,30,33)(H,31,35). The molecule has 7 heteroatoms. The van der Waals surface area contributed by atoms with E-state index in [1.54, 1.807) is 25.7 Å². The molecule has 2 atom stereocenters. The molecule has 1 aromatic rings. The molecule has 36 heavy (non-hydrogen) atoms. The first-order valence-electron chi connectivity index (χ1n) is 13.6. The maximum absolute atomic E-state index is 14.0. The van der Waals surface area contributed by atoms with Gasteiger partial charge in [0.15, 0.2) is 0 Å². The molecule has 1 fully saturated rings. The highest BCUT2D eigenvalue weighted by Crippen LogP contribution is 2.26. The van der Waals surface area contributed by atoms with Crippen molar-refractivity contribution >= 4 is 17.9 Å². The van der Waals surface area contributed by atoms with E-state index in [1.165, 1.54) is 6.42 Å². The van der Waals surface area contributed by atoms with Gasteiger partial charge in [0.1, 0.15) is 17.7 Å². The van der Waals surface area contributed by atoms with Crippen molar-refractivity contribution < 1.29 is 19.1 Å². The molecule has 1 aliphatic rings. The molecule has 0 aliphatic heterocycles. The van der Waals surface area contributed by atoms with Crippen LogP contribution in [0, 0.1) is 12.8 Å². The van der Waals surface area contributed by atoms with Crippen molar-refractivity contribution in [1.82, 2.24) is 15.5 Å². The first-order valence-corrected chi connectivity index (χ1v) is 13.6. The second-order valence-electron chi connectivity index (χ2n) is 11.5. The highest BCUT2D eigenvalue weighted by atomic mass is 16.6. The van der Waals surface area contributed by atoms with Gasteiger partial charge in [-0.15, -0.1) is 0 Å². The van der Waals surface area contributed by atoms with Gasteiger partial charge in [0.25, 0.3) is 0 Å². The first kappa shape index (κ1) is 29.7. The third-order valence-electron chi connectivity index (χ3n) is 6.35. The molecule has 0 aromatic heterocycles. The number of carbonyl (C=O) groups is 3. The van der Waals surface area contributed by atoms with Crippen molar-refractivity contribution in [2.75, 3.05) is 6.54 Å². The van der Waals surface area contributed by atoms with Gasteiger partial charge in [-0.1, -0.05) is 69.9 Å². The predicted octanol–water partition coefficient (Wildman–Crippen LogP) is 5.66. The van der Waals surface area contributed by atoms with Gasteiger partial charge in [-0.3, -0.25) is 9.59 Å². The number of aryl methyl sites for hydroxylation is 1. The van der Waals surface area contributed by atoms with Gasteiger partial charge in [0.2, 0.25) is 11.8 Å². The molecule has 2 N–H and O–H groups in total. The summed E-state index contributed by atoms with van der Waals surface area (Å²) in [5.41, 5.74) is 1.18. The summed E-state index contributed by atoms with van der Waals surface area (Å²) in [6.45, 7) is 13.8. The number of carbonyl (C=O) groups excluding carboxylic acids is 3. The Morgan fingerprint density at radius 3 is 2.19 bits per heavy atom. The van der Waals surface area contributed by atoms with Crippen LogP contribution >= 0.6 is 0 Å². The Hall–Kier alpha value is -2.57. The van der Waals surface area contributed by atoms with Crippen LogP contribution in [0.1, 0.15) is 104 Å². The van der Waals surface area contributed by atoms with Gasteiger partial charge >= 0.3 is 6.09 Å². The minimum absolute atomic E-state index is 0.129. The maximum Gasteiger partial charge on any atom is 0.408 e. The van der Waals surface area contributed by atoms with E-state index >= 15 is 0 Å². The van der Waals surface area contributed by atoms with Gasteiger partial charge in [0.05, 0.1) is 0 Å². The second kappa shape index (κ2) is 13.7. The van der Waals surface area contributed by atoms with Crippen LogP contribution in [0.3, 0.4) is 0 Å². The van der Waals surface area contributed by atoms with Crippen molar-refractivity contribution in [1.29, 1.82) is 0 Å². The Kier molecular flexibility index (Phi) is 11.3. The Morgan fingerprint density at radius 1 is 1.06 bits per heavy atom. The maximum atomic E-state index is 14.0. The zero-order valence-electron chi connectivity index (χ0n) is 23.4. The number of nitrogens with one attached hydrogen (secondary N) is 2. The molecule has 0 radical (unpaired) electrons. The number of hydrogen-bond donors (Lipinski definition) is 2. The number of rotatable bonds is 10. The van der Waals surface area contributed by atoms with E-state index in [4.69, 9.17) is 4.74 Å². The van der Waals surface area contributed by atoms with E-state index in [0.717, 1.165) is 36.8 Å². The average molecular weight is 502 g/mol. The largest absolute Gasteiger partial charge is 0.444 e. The van der Waals surface area contributed by atoms with Crippen molar-refractivity contribution in [2.24, 2.45) is 5.92 Å². The van der Waals surface area contributed by atoms with Gasteiger partial charge < -0.3 is 20.3 Å². The number of amides is 3. The van der Waals surface area contributed by atoms with Crippen LogP contribution < -0.4 is 10.6 Å². The number of ether oxygens (including phenoxy) is 1. The molecule has 0 heterocycles. The minimum Gasteiger partial charge on any atom is -0.444 e. The van der Waals surface area contributed by atoms with Gasteiger partial charge in [-0.25, -0.2) is 4.79 Å². The molecule has 2 unspecified atom stereocenters. The number of alkyl carbamates (subject to hydrolysis) is 1. The van der Waals surface area contributed by atoms with Crippen LogP contribution in [0.5, 0.6) is 0 Å². The Morgan fingerprint density at radius 2 is 1.67 bits per heavy atom. The van der Waals surface area contributed by atoms with Crippen LogP contribution in [0.4, 0.5) is 4.79 Å². The van der Waals surface area contributed by atoms with Gasteiger partial charge in [-0.05, 0) is 64.9 Å². The van der Waals surface area contributed by atoms with Crippen molar-refractivity contribution in [3.63, 3.8) is 0 Å². The smallest absolute Gasteiger partial charge is 0.408 e. The molecule has 1 aliphatic carbocycles. The monoisotopic (exact) mass is 501 g/mol. The van der Waals surface area contributed by atoms with E-state index in [-0.39, 0.29) is 23.8 Å². The molecule has 1 aromatic carbocycles. The summed E-state index contributed by atoms with van der Waals surface area (Å²) >= 11 is 0. The molecule has 2 rings (SSSR count). The fourth-order valence-corrected chi connectivity index (χ4v) is 4.70. The second-order valence-corrected chi connectivity index (χ2v) is 11.5. The third kappa shape index (κ3) is 9.47. The van der Waals surface area contributed by atoms with Crippen LogP contribution in [-0.2, 0) is 14.3 Å². The zero-order valence-corrected chi connectivity index (χ0v) is 23.4. The first-order chi connectivity index (χ1) is 16.9. The molecule has 0 saturated heterocycles. The molecular weight excluding hydrogens is 454 g/mol. The Bertz CT molecular complexity index is 854. The summed E-state index contributed by atoms with van der Waals surface area (Å²) in [6.07, 6.45) is 5.84. The van der Waals surface area contributed by atoms with E-state index in [0.29, 0.717) is 19.4 Å². The molecule has 3 amide bonds. The summed E-state index contributed by atoms with van der Waals surface area (Å²) < 4.78 is 5.45. The summed E-state index contributed by atoms with van der Waals surface area (Å²) in [6, 6.07) is 6.36. The number of benzene rings is 1. The van der Waals surface area contributed by atoms with E-state index in [9.17, 15) is 14.4 Å². The molecule has 1 saturated carbocycles. The normalized spacial score (nSPS) is 16.2. The highest BCUT2D eigenvalue weighted by Gasteiger charge is 2.36. The highest BCUT2D eigenvalue weighted by molar-refractivity contribution is 5.92. The molecule has 0 spiro atoms. The zero-order chi connectivity index (χ0) is 26.9. The molecule has 7 nitrogen and oxygen atoms in total. The predicted molar refractivity (Wildman–Crippen MR) is 144 cm³/mol. The van der Waals surface area contributed by atoms with Gasteiger partial charge in [-0.2, -0.15) is 0 Å². The number of hydrogen-bond acceptors (Lipinski definition) is 4. The van der Waals surface area contributed by atoms with E-state index in [2.05, 4.69) is 10.6 Å². The third-order valence-corrected chi connectivity index (χ3v) is 6.35. The van der Waals surface area contributed by atoms with E-state index in [1.807, 2.05) is 52.0 Å². The SMILES string of the molecule is CCCN(C(=O)C(CC(C)C)NC(=O)OC(C)(C)C)C(C(=O)NC1CCCCC1)c1ccc(C)cc1. The average Bonchev–Trinajstić information content (AvgIpc) is 2.78. The van der Waals surface area contributed by atoms with Crippen LogP contribution in [0.2, 0.25) is 0 Å². The van der Waals surface area contributed by atoms with Gasteiger partial charge in [0, 0.05) is 12.6 Å². The van der Waals surface area contributed by atoms with Crippen molar-refractivity contribution in [2.45, 2.75) is 117 Å². The lowest BCUT2D eigenvalue weighted by Gasteiger charge is -2.36. The molecule has 202 valence electrons. The fourth-order valence-electron chi connectivity index (χ4n) is 4.70. The lowest BCUT2D eigenvalue weighted by atomic mass is 9.94. The van der Waals surface area contributed by atoms with Crippen molar-refractivity contribution in [3.8, 4) is 0 Å². The van der Waals surface area contributed by atoms with E-state index < -0.39 is 23.8 Å². The lowest BCUT2D eigenvalue weighted by Crippen LogP contribution is -2.54. The summed E-state index contributed by atoms with van der Waals surface area (Å²) in [5.74, 6) is -0.264. The molecule has 0 bridgehead atoms. The summed E-state index contributed by atoms with van der Waals surface area (Å²) in [7, 11) is 0. The Labute approximate surface area is 217 Å². The fraction of sp³-hybridized carbons (Fsp3) is 0.690. The lowest BCUT2D eigenvalue weighted by molar-refractivity contribution is -0.143. The van der Waals surface area contributed by atoms with Crippen LogP contribution in [0.25, 0.3) is 0 Å². The topological polar surface area (TPSA) is 87.7 Å².